The molecule has 1 aromatic rings. The molecule has 12 heavy (non-hydrogen) atoms. The van der Waals surface area contributed by atoms with E-state index in [0.29, 0.717) is 0 Å². The Labute approximate surface area is 72.8 Å². The third-order valence-corrected chi connectivity index (χ3v) is 2.40. The summed E-state index contributed by atoms with van der Waals surface area (Å²) in [5.41, 5.74) is 8.55. The second-order valence-electron chi connectivity index (χ2n) is 3.14. The molecule has 3 nitrogen and oxygen atoms in total. The molecule has 0 aliphatic rings. The van der Waals surface area contributed by atoms with Crippen LogP contribution in [0.15, 0.2) is 6.07 Å². The van der Waals surface area contributed by atoms with Gasteiger partial charge in [-0.25, -0.2) is 0 Å². The molecule has 0 bridgehead atoms. The zero-order chi connectivity index (χ0) is 9.30. The van der Waals surface area contributed by atoms with Gasteiger partial charge in [0.25, 0.3) is 0 Å². The van der Waals surface area contributed by atoms with Crippen LogP contribution in [0.5, 0.6) is 0 Å². The van der Waals surface area contributed by atoms with Crippen molar-refractivity contribution in [3.63, 3.8) is 0 Å². The van der Waals surface area contributed by atoms with E-state index in [-0.39, 0.29) is 6.54 Å². The van der Waals surface area contributed by atoms with E-state index in [1.165, 1.54) is 0 Å². The van der Waals surface area contributed by atoms with Crippen LogP contribution in [0, 0.1) is 13.8 Å². The SMILES string of the molecule is Cc1cc(C(O)CN)c(C)n1C. The Morgan fingerprint density at radius 1 is 1.58 bits per heavy atom. The Bertz CT molecular complexity index is 278. The topological polar surface area (TPSA) is 51.2 Å². The van der Waals surface area contributed by atoms with Gasteiger partial charge in [-0.1, -0.05) is 0 Å². The summed E-state index contributed by atoms with van der Waals surface area (Å²) in [6.07, 6.45) is -0.523. The van der Waals surface area contributed by atoms with Crippen molar-refractivity contribution in [3.8, 4) is 0 Å². The fourth-order valence-corrected chi connectivity index (χ4v) is 1.35. The summed E-state index contributed by atoms with van der Waals surface area (Å²) in [4.78, 5) is 0. The minimum atomic E-state index is -0.523. The summed E-state index contributed by atoms with van der Waals surface area (Å²) in [7, 11) is 1.98. The van der Waals surface area contributed by atoms with Crippen molar-refractivity contribution in [2.24, 2.45) is 12.8 Å². The van der Waals surface area contributed by atoms with Crippen molar-refractivity contribution >= 4 is 0 Å². The zero-order valence-electron chi connectivity index (χ0n) is 7.83. The summed E-state index contributed by atoms with van der Waals surface area (Å²) >= 11 is 0. The number of aliphatic hydroxyl groups is 1. The van der Waals surface area contributed by atoms with Gasteiger partial charge < -0.3 is 15.4 Å². The van der Waals surface area contributed by atoms with E-state index in [9.17, 15) is 5.11 Å². The monoisotopic (exact) mass is 168 g/mol. The molecule has 0 saturated heterocycles. The molecule has 0 saturated carbocycles. The Balaban J connectivity index is 3.08. The fourth-order valence-electron chi connectivity index (χ4n) is 1.35. The largest absolute Gasteiger partial charge is 0.387 e. The Morgan fingerprint density at radius 2 is 2.17 bits per heavy atom. The third-order valence-electron chi connectivity index (χ3n) is 2.40. The number of hydrogen-bond donors (Lipinski definition) is 2. The van der Waals surface area contributed by atoms with E-state index < -0.39 is 6.10 Å². The first kappa shape index (κ1) is 9.29. The van der Waals surface area contributed by atoms with Crippen LogP contribution in [0.25, 0.3) is 0 Å². The minimum absolute atomic E-state index is 0.282. The molecule has 0 fully saturated rings. The highest BCUT2D eigenvalue weighted by molar-refractivity contribution is 5.28. The predicted molar refractivity (Wildman–Crippen MR) is 48.9 cm³/mol. The lowest BCUT2D eigenvalue weighted by molar-refractivity contribution is 0.186. The molecule has 1 atom stereocenters. The Kier molecular flexibility index (Phi) is 2.55. The molecular weight excluding hydrogens is 152 g/mol. The van der Waals surface area contributed by atoms with Crippen LogP contribution in [0.2, 0.25) is 0 Å². The average Bonchev–Trinajstić information content (AvgIpc) is 2.32. The van der Waals surface area contributed by atoms with Crippen LogP contribution in [0.3, 0.4) is 0 Å². The molecule has 0 radical (unpaired) electrons. The lowest BCUT2D eigenvalue weighted by Gasteiger charge is -2.07. The van der Waals surface area contributed by atoms with Gasteiger partial charge in [-0.2, -0.15) is 0 Å². The van der Waals surface area contributed by atoms with Crippen LogP contribution in [-0.4, -0.2) is 16.2 Å². The van der Waals surface area contributed by atoms with Crippen molar-refractivity contribution in [1.82, 2.24) is 4.57 Å². The van der Waals surface area contributed by atoms with Crippen LogP contribution < -0.4 is 5.73 Å². The zero-order valence-corrected chi connectivity index (χ0v) is 7.83. The minimum Gasteiger partial charge on any atom is -0.387 e. The third kappa shape index (κ3) is 1.38. The normalized spacial score (nSPS) is 13.4. The first-order chi connectivity index (χ1) is 5.57. The van der Waals surface area contributed by atoms with E-state index >= 15 is 0 Å². The Morgan fingerprint density at radius 3 is 2.50 bits per heavy atom. The van der Waals surface area contributed by atoms with Crippen LogP contribution in [0.1, 0.15) is 23.1 Å². The second kappa shape index (κ2) is 3.29. The maximum Gasteiger partial charge on any atom is 0.0929 e. The van der Waals surface area contributed by atoms with Crippen LogP contribution in [-0.2, 0) is 7.05 Å². The quantitative estimate of drug-likeness (QED) is 0.680. The van der Waals surface area contributed by atoms with Gasteiger partial charge in [0.2, 0.25) is 0 Å². The van der Waals surface area contributed by atoms with Crippen molar-refractivity contribution in [2.45, 2.75) is 20.0 Å². The number of aryl methyl sites for hydroxylation is 1. The molecule has 0 aliphatic heterocycles. The van der Waals surface area contributed by atoms with Crippen molar-refractivity contribution < 1.29 is 5.11 Å². The first-order valence-electron chi connectivity index (χ1n) is 4.09. The fraction of sp³-hybridized carbons (Fsp3) is 0.556. The number of aromatic nitrogens is 1. The van der Waals surface area contributed by atoms with Crippen LogP contribution in [0.4, 0.5) is 0 Å². The molecule has 0 aliphatic carbocycles. The van der Waals surface area contributed by atoms with Crippen molar-refractivity contribution in [1.29, 1.82) is 0 Å². The van der Waals surface area contributed by atoms with Gasteiger partial charge in [0.15, 0.2) is 0 Å². The maximum absolute atomic E-state index is 9.51. The van der Waals surface area contributed by atoms with Gasteiger partial charge in [-0.05, 0) is 19.9 Å². The highest BCUT2D eigenvalue weighted by Crippen LogP contribution is 2.19. The number of nitrogens with zero attached hydrogens (tertiary/aromatic N) is 1. The molecule has 1 rings (SSSR count). The molecule has 0 spiro atoms. The maximum atomic E-state index is 9.51. The number of rotatable bonds is 2. The highest BCUT2D eigenvalue weighted by atomic mass is 16.3. The lowest BCUT2D eigenvalue weighted by Crippen LogP contribution is -2.12. The van der Waals surface area contributed by atoms with Gasteiger partial charge in [-0.15, -0.1) is 0 Å². The van der Waals surface area contributed by atoms with Gasteiger partial charge >= 0.3 is 0 Å². The summed E-state index contributed by atoms with van der Waals surface area (Å²) in [6, 6.07) is 1.98. The molecule has 3 heteroatoms. The van der Waals surface area contributed by atoms with Gasteiger partial charge in [0.05, 0.1) is 6.10 Å². The summed E-state index contributed by atoms with van der Waals surface area (Å²) in [6.45, 7) is 4.28. The van der Waals surface area contributed by atoms with Gasteiger partial charge in [-0.3, -0.25) is 0 Å². The standard InChI is InChI=1S/C9H16N2O/c1-6-4-8(9(12)5-10)7(2)11(6)3/h4,9,12H,5,10H2,1-3H3. The molecule has 68 valence electrons. The number of nitrogens with two attached hydrogens (primary N) is 1. The molecule has 1 heterocycles. The molecule has 3 N–H and O–H groups in total. The van der Waals surface area contributed by atoms with Crippen molar-refractivity contribution in [2.75, 3.05) is 6.54 Å². The number of aliphatic hydroxyl groups excluding tert-OH is 1. The smallest absolute Gasteiger partial charge is 0.0929 e. The van der Waals surface area contributed by atoms with Gasteiger partial charge in [0.1, 0.15) is 0 Å². The number of hydrogen-bond acceptors (Lipinski definition) is 2. The van der Waals surface area contributed by atoms with E-state index in [0.717, 1.165) is 17.0 Å². The van der Waals surface area contributed by atoms with E-state index in [1.807, 2.05) is 31.5 Å². The average molecular weight is 168 g/mol. The lowest BCUT2D eigenvalue weighted by atomic mass is 10.1. The highest BCUT2D eigenvalue weighted by Gasteiger charge is 2.12. The predicted octanol–water partition coefficient (Wildman–Crippen LogP) is 0.634. The van der Waals surface area contributed by atoms with E-state index in [4.69, 9.17) is 5.73 Å². The van der Waals surface area contributed by atoms with Crippen molar-refractivity contribution in [3.05, 3.63) is 23.0 Å². The molecule has 0 aromatic carbocycles. The summed E-state index contributed by atoms with van der Waals surface area (Å²) in [5.74, 6) is 0. The summed E-state index contributed by atoms with van der Waals surface area (Å²) < 4.78 is 2.05. The molecular formula is C9H16N2O. The Hall–Kier alpha value is -0.800. The van der Waals surface area contributed by atoms with Crippen LogP contribution >= 0.6 is 0 Å². The summed E-state index contributed by atoms with van der Waals surface area (Å²) in [5, 5.41) is 9.51. The second-order valence-corrected chi connectivity index (χ2v) is 3.14. The molecule has 0 amide bonds. The van der Waals surface area contributed by atoms with E-state index in [2.05, 4.69) is 0 Å². The van der Waals surface area contributed by atoms with E-state index in [1.54, 1.807) is 0 Å². The molecule has 1 aromatic heterocycles. The molecule has 1 unspecified atom stereocenters. The first-order valence-corrected chi connectivity index (χ1v) is 4.09. The van der Waals surface area contributed by atoms with Gasteiger partial charge in [0, 0.05) is 30.5 Å².